The number of amides is 1. The number of hydrogen-bond acceptors (Lipinski definition) is 4. The first-order valence-corrected chi connectivity index (χ1v) is 9.19. The number of halogens is 1. The minimum Gasteiger partial charge on any atom is -0.359 e. The first-order valence-electron chi connectivity index (χ1n) is 9.19. The molecule has 1 saturated carbocycles. The summed E-state index contributed by atoms with van der Waals surface area (Å²) in [5, 5.41) is 10.6. The first kappa shape index (κ1) is 22.7. The van der Waals surface area contributed by atoms with Crippen molar-refractivity contribution in [2.75, 3.05) is 27.2 Å². The van der Waals surface area contributed by atoms with E-state index in [1.165, 1.54) is 0 Å². The van der Waals surface area contributed by atoms with Crippen LogP contribution in [-0.2, 0) is 17.8 Å². The maximum Gasteiger partial charge on any atom is 0.230 e. The SMILES string of the molecule is CCNC(=NCc1cc(CC)no1)NCC1(C(=O)N(C)C)CCCC1.I. The predicted molar refractivity (Wildman–Crippen MR) is 114 cm³/mol. The van der Waals surface area contributed by atoms with Crippen LogP contribution >= 0.6 is 24.0 Å². The second kappa shape index (κ2) is 10.7. The summed E-state index contributed by atoms with van der Waals surface area (Å²) in [6.07, 6.45) is 4.91. The van der Waals surface area contributed by atoms with Crippen molar-refractivity contribution >= 4 is 35.8 Å². The van der Waals surface area contributed by atoms with Crippen LogP contribution in [0.15, 0.2) is 15.6 Å². The molecule has 0 unspecified atom stereocenters. The van der Waals surface area contributed by atoms with Crippen LogP contribution in [0.25, 0.3) is 0 Å². The smallest absolute Gasteiger partial charge is 0.230 e. The highest BCUT2D eigenvalue weighted by Gasteiger charge is 2.42. The standard InChI is InChI=1S/C18H31N5O2.HI/c1-5-14-11-15(25-22-14)12-20-17(19-6-2)21-13-18(9-7-8-10-18)16(24)23(3)4;/h11H,5-10,12-13H2,1-4H3,(H2,19,20,21);1H. The fourth-order valence-electron chi connectivity index (χ4n) is 3.34. The number of rotatable bonds is 7. The van der Waals surface area contributed by atoms with Gasteiger partial charge in [-0.2, -0.15) is 0 Å². The fraction of sp³-hybridized carbons (Fsp3) is 0.722. The van der Waals surface area contributed by atoms with Crippen LogP contribution in [0.4, 0.5) is 0 Å². The number of aryl methyl sites for hydroxylation is 1. The lowest BCUT2D eigenvalue weighted by atomic mass is 9.84. The van der Waals surface area contributed by atoms with Crippen molar-refractivity contribution in [1.29, 1.82) is 0 Å². The van der Waals surface area contributed by atoms with Gasteiger partial charge in [0.05, 0.1) is 11.1 Å². The Morgan fingerprint density at radius 3 is 2.54 bits per heavy atom. The van der Waals surface area contributed by atoms with Gasteiger partial charge in [-0.25, -0.2) is 4.99 Å². The van der Waals surface area contributed by atoms with Crippen molar-refractivity contribution in [2.45, 2.75) is 52.5 Å². The zero-order chi connectivity index (χ0) is 18.3. The van der Waals surface area contributed by atoms with Gasteiger partial charge in [-0.1, -0.05) is 24.9 Å². The minimum absolute atomic E-state index is 0. The van der Waals surface area contributed by atoms with Gasteiger partial charge in [0.25, 0.3) is 0 Å². The molecule has 0 spiro atoms. The monoisotopic (exact) mass is 477 g/mol. The normalized spacial score (nSPS) is 16.1. The third kappa shape index (κ3) is 5.85. The maximum atomic E-state index is 12.7. The molecule has 2 N–H and O–H groups in total. The van der Waals surface area contributed by atoms with E-state index in [2.05, 4.69) is 20.8 Å². The molecule has 0 aliphatic heterocycles. The maximum absolute atomic E-state index is 12.7. The second-order valence-electron chi connectivity index (χ2n) is 6.87. The van der Waals surface area contributed by atoms with E-state index in [1.54, 1.807) is 4.90 Å². The molecular formula is C18H32IN5O2. The average molecular weight is 477 g/mol. The highest BCUT2D eigenvalue weighted by Crippen LogP contribution is 2.38. The van der Waals surface area contributed by atoms with E-state index in [4.69, 9.17) is 4.52 Å². The molecule has 0 radical (unpaired) electrons. The summed E-state index contributed by atoms with van der Waals surface area (Å²) in [5.74, 6) is 1.65. The van der Waals surface area contributed by atoms with Gasteiger partial charge in [0.15, 0.2) is 11.7 Å². The Bertz CT molecular complexity index is 594. The van der Waals surface area contributed by atoms with Crippen molar-refractivity contribution in [3.05, 3.63) is 17.5 Å². The Morgan fingerprint density at radius 1 is 1.31 bits per heavy atom. The Hall–Kier alpha value is -1.32. The molecule has 1 heterocycles. The van der Waals surface area contributed by atoms with Gasteiger partial charge in [-0.3, -0.25) is 4.79 Å². The topological polar surface area (TPSA) is 82.8 Å². The van der Waals surface area contributed by atoms with E-state index in [9.17, 15) is 4.79 Å². The highest BCUT2D eigenvalue weighted by molar-refractivity contribution is 14.0. The fourth-order valence-corrected chi connectivity index (χ4v) is 3.34. The zero-order valence-corrected chi connectivity index (χ0v) is 18.6. The zero-order valence-electron chi connectivity index (χ0n) is 16.3. The third-order valence-electron chi connectivity index (χ3n) is 4.72. The first-order chi connectivity index (χ1) is 12.0. The summed E-state index contributed by atoms with van der Waals surface area (Å²) in [6, 6.07) is 1.93. The van der Waals surface area contributed by atoms with Gasteiger partial charge in [-0.05, 0) is 26.2 Å². The lowest BCUT2D eigenvalue weighted by Crippen LogP contribution is -2.49. The van der Waals surface area contributed by atoms with Gasteiger partial charge < -0.3 is 20.1 Å². The molecule has 2 rings (SSSR count). The van der Waals surface area contributed by atoms with Gasteiger partial charge in [0, 0.05) is 33.3 Å². The molecule has 8 heteroatoms. The van der Waals surface area contributed by atoms with Gasteiger partial charge in [-0.15, -0.1) is 24.0 Å². The molecule has 26 heavy (non-hydrogen) atoms. The van der Waals surface area contributed by atoms with E-state index < -0.39 is 0 Å². The minimum atomic E-state index is -0.318. The molecule has 0 aromatic carbocycles. The molecule has 1 aromatic heterocycles. The van der Waals surface area contributed by atoms with Crippen LogP contribution in [0.5, 0.6) is 0 Å². The molecule has 7 nitrogen and oxygen atoms in total. The summed E-state index contributed by atoms with van der Waals surface area (Å²) >= 11 is 0. The van der Waals surface area contributed by atoms with Crippen molar-refractivity contribution in [2.24, 2.45) is 10.4 Å². The van der Waals surface area contributed by atoms with Crippen LogP contribution < -0.4 is 10.6 Å². The molecule has 0 saturated heterocycles. The van der Waals surface area contributed by atoms with E-state index in [1.807, 2.05) is 34.0 Å². The Balaban J connectivity index is 0.00000338. The summed E-state index contributed by atoms with van der Waals surface area (Å²) in [5.41, 5.74) is 0.617. The van der Waals surface area contributed by atoms with Crippen molar-refractivity contribution in [3.8, 4) is 0 Å². The summed E-state index contributed by atoms with van der Waals surface area (Å²) < 4.78 is 5.28. The molecule has 0 atom stereocenters. The molecule has 148 valence electrons. The van der Waals surface area contributed by atoms with Crippen LogP contribution in [0.2, 0.25) is 0 Å². The molecule has 1 aliphatic rings. The number of guanidine groups is 1. The average Bonchev–Trinajstić information content (AvgIpc) is 3.26. The summed E-state index contributed by atoms with van der Waals surface area (Å²) in [4.78, 5) is 18.9. The van der Waals surface area contributed by atoms with Gasteiger partial charge >= 0.3 is 0 Å². The van der Waals surface area contributed by atoms with Crippen LogP contribution in [0.1, 0.15) is 51.0 Å². The lowest BCUT2D eigenvalue weighted by Gasteiger charge is -2.31. The highest BCUT2D eigenvalue weighted by atomic mass is 127. The van der Waals surface area contributed by atoms with E-state index in [0.29, 0.717) is 19.0 Å². The largest absolute Gasteiger partial charge is 0.359 e. The van der Waals surface area contributed by atoms with Crippen LogP contribution in [0.3, 0.4) is 0 Å². The van der Waals surface area contributed by atoms with Crippen molar-refractivity contribution < 1.29 is 9.32 Å². The molecule has 1 aliphatic carbocycles. The number of carbonyl (C=O) groups is 1. The number of aromatic nitrogens is 1. The van der Waals surface area contributed by atoms with E-state index >= 15 is 0 Å². The molecule has 0 bridgehead atoms. The number of carbonyl (C=O) groups excluding carboxylic acids is 1. The van der Waals surface area contributed by atoms with Gasteiger partial charge in [0.2, 0.25) is 5.91 Å². The number of aliphatic imine (C=N–C) groups is 1. The quantitative estimate of drug-likeness (QED) is 0.359. The third-order valence-corrected chi connectivity index (χ3v) is 4.72. The molecule has 1 fully saturated rings. The van der Waals surface area contributed by atoms with E-state index in [0.717, 1.165) is 50.1 Å². The molecular weight excluding hydrogens is 445 g/mol. The van der Waals surface area contributed by atoms with Crippen molar-refractivity contribution in [1.82, 2.24) is 20.7 Å². The molecule has 1 aromatic rings. The summed E-state index contributed by atoms with van der Waals surface area (Å²) in [6.45, 7) is 5.86. The van der Waals surface area contributed by atoms with Crippen LogP contribution in [0, 0.1) is 5.41 Å². The number of nitrogens with zero attached hydrogens (tertiary/aromatic N) is 3. The number of hydrogen-bond donors (Lipinski definition) is 2. The lowest BCUT2D eigenvalue weighted by molar-refractivity contribution is -0.138. The van der Waals surface area contributed by atoms with Crippen LogP contribution in [-0.4, -0.2) is 49.1 Å². The predicted octanol–water partition coefficient (Wildman–Crippen LogP) is 2.56. The second-order valence-corrected chi connectivity index (χ2v) is 6.87. The number of nitrogens with one attached hydrogen (secondary N) is 2. The van der Waals surface area contributed by atoms with Crippen molar-refractivity contribution in [3.63, 3.8) is 0 Å². The Labute approximate surface area is 173 Å². The Kier molecular flexibility index (Phi) is 9.38. The summed E-state index contributed by atoms with van der Waals surface area (Å²) in [7, 11) is 3.66. The van der Waals surface area contributed by atoms with E-state index in [-0.39, 0.29) is 35.3 Å². The Morgan fingerprint density at radius 2 is 2.00 bits per heavy atom. The van der Waals surface area contributed by atoms with Gasteiger partial charge in [0.1, 0.15) is 6.54 Å². The molecule has 1 amide bonds.